The van der Waals surface area contributed by atoms with Gasteiger partial charge in [-0.25, -0.2) is 0 Å². The van der Waals surface area contributed by atoms with E-state index in [1.165, 1.54) is 5.56 Å². The average Bonchev–Trinajstić information content (AvgIpc) is 2.84. The summed E-state index contributed by atoms with van der Waals surface area (Å²) in [4.78, 5) is 0. The molecule has 20 heavy (non-hydrogen) atoms. The zero-order valence-corrected chi connectivity index (χ0v) is 12.1. The molecule has 1 fully saturated rings. The Balaban J connectivity index is 0.00000147. The third-order valence-corrected chi connectivity index (χ3v) is 3.65. The fourth-order valence-corrected chi connectivity index (χ4v) is 2.53. The van der Waals surface area contributed by atoms with Crippen LogP contribution in [-0.4, -0.2) is 44.1 Å². The Bertz CT molecular complexity index is 444. The molecule has 2 atom stereocenters. The van der Waals surface area contributed by atoms with Crippen molar-refractivity contribution >= 4 is 12.4 Å². The minimum Gasteiger partial charge on any atom is -0.486 e. The maximum atomic E-state index is 9.71. The summed E-state index contributed by atoms with van der Waals surface area (Å²) in [7, 11) is 0. The van der Waals surface area contributed by atoms with Crippen LogP contribution in [0.25, 0.3) is 0 Å². The highest BCUT2D eigenvalue weighted by Crippen LogP contribution is 2.30. The van der Waals surface area contributed by atoms with Gasteiger partial charge in [0.25, 0.3) is 0 Å². The van der Waals surface area contributed by atoms with E-state index >= 15 is 0 Å². The summed E-state index contributed by atoms with van der Waals surface area (Å²) in [6, 6.07) is 6.02. The third kappa shape index (κ3) is 3.55. The van der Waals surface area contributed by atoms with Gasteiger partial charge in [0.2, 0.25) is 0 Å². The lowest BCUT2D eigenvalue weighted by atomic mass is 10.1. The Hall–Kier alpha value is -1.01. The van der Waals surface area contributed by atoms with Crippen molar-refractivity contribution in [1.29, 1.82) is 0 Å². The molecule has 0 radical (unpaired) electrons. The lowest BCUT2D eigenvalue weighted by Gasteiger charge is -2.19. The fourth-order valence-electron chi connectivity index (χ4n) is 2.53. The predicted molar refractivity (Wildman–Crippen MR) is 78.8 cm³/mol. The molecule has 2 unspecified atom stereocenters. The predicted octanol–water partition coefficient (Wildman–Crippen LogP) is 0.549. The average molecular weight is 301 g/mol. The van der Waals surface area contributed by atoms with Crippen molar-refractivity contribution in [2.24, 2.45) is 5.92 Å². The van der Waals surface area contributed by atoms with E-state index in [0.29, 0.717) is 25.7 Å². The zero-order chi connectivity index (χ0) is 13.1. The van der Waals surface area contributed by atoms with E-state index in [0.717, 1.165) is 31.1 Å². The maximum Gasteiger partial charge on any atom is 0.161 e. The topological polar surface area (TPSA) is 62.8 Å². The number of benzene rings is 1. The normalized spacial score (nSPS) is 24.2. The summed E-state index contributed by atoms with van der Waals surface area (Å²) in [6.45, 7) is 4.43. The Kier molecular flexibility index (Phi) is 5.48. The molecule has 0 amide bonds. The number of ether oxygens (including phenoxy) is 2. The molecule has 3 rings (SSSR count). The highest BCUT2D eigenvalue weighted by Gasteiger charge is 2.24. The largest absolute Gasteiger partial charge is 0.486 e. The molecule has 1 aromatic rings. The van der Waals surface area contributed by atoms with E-state index in [4.69, 9.17) is 9.47 Å². The Morgan fingerprint density at radius 1 is 1.20 bits per heavy atom. The molecule has 0 aromatic heterocycles. The van der Waals surface area contributed by atoms with Crippen LogP contribution >= 0.6 is 12.4 Å². The molecule has 112 valence electrons. The molecule has 6 heteroatoms. The molecule has 5 nitrogen and oxygen atoms in total. The van der Waals surface area contributed by atoms with Crippen LogP contribution < -0.4 is 20.1 Å². The minimum atomic E-state index is -0.229. The fraction of sp³-hybridized carbons (Fsp3) is 0.571. The maximum absolute atomic E-state index is 9.71. The Morgan fingerprint density at radius 3 is 2.75 bits per heavy atom. The van der Waals surface area contributed by atoms with E-state index < -0.39 is 0 Å². The summed E-state index contributed by atoms with van der Waals surface area (Å²) in [5, 5.41) is 16.3. The standard InChI is InChI=1S/C14H20N2O3.ClH/c17-12-9-16-8-11(12)7-15-6-10-1-2-13-14(5-10)19-4-3-18-13;/h1-2,5,11-12,15-17H,3-4,6-9H2;1H. The number of fused-ring (bicyclic) bond motifs is 1. The lowest BCUT2D eigenvalue weighted by Crippen LogP contribution is -2.30. The summed E-state index contributed by atoms with van der Waals surface area (Å²) in [6.07, 6.45) is -0.229. The van der Waals surface area contributed by atoms with Crippen LogP contribution in [0.4, 0.5) is 0 Å². The van der Waals surface area contributed by atoms with Crippen LogP contribution in [0, 0.1) is 5.92 Å². The smallest absolute Gasteiger partial charge is 0.161 e. The highest BCUT2D eigenvalue weighted by molar-refractivity contribution is 5.85. The van der Waals surface area contributed by atoms with Gasteiger partial charge in [0, 0.05) is 32.1 Å². The second-order valence-corrected chi connectivity index (χ2v) is 5.09. The van der Waals surface area contributed by atoms with Crippen LogP contribution in [0.3, 0.4) is 0 Å². The van der Waals surface area contributed by atoms with Crippen molar-refractivity contribution < 1.29 is 14.6 Å². The van der Waals surface area contributed by atoms with Gasteiger partial charge in [-0.05, 0) is 17.7 Å². The number of halogens is 1. The first-order valence-electron chi connectivity index (χ1n) is 6.81. The molecule has 3 N–H and O–H groups in total. The van der Waals surface area contributed by atoms with Crippen LogP contribution in [0.5, 0.6) is 11.5 Å². The highest BCUT2D eigenvalue weighted by atomic mass is 35.5. The number of nitrogens with one attached hydrogen (secondary N) is 2. The van der Waals surface area contributed by atoms with E-state index in [1.54, 1.807) is 0 Å². The first-order valence-corrected chi connectivity index (χ1v) is 6.81. The van der Waals surface area contributed by atoms with E-state index in [-0.39, 0.29) is 18.5 Å². The molecular formula is C14H21ClN2O3. The summed E-state index contributed by atoms with van der Waals surface area (Å²) in [5.41, 5.74) is 1.17. The molecule has 0 spiro atoms. The monoisotopic (exact) mass is 300 g/mol. The molecule has 0 saturated carbocycles. The zero-order valence-electron chi connectivity index (χ0n) is 11.3. The molecule has 0 bridgehead atoms. The minimum absolute atomic E-state index is 0. The van der Waals surface area contributed by atoms with Crippen molar-refractivity contribution in [3.8, 4) is 11.5 Å². The second-order valence-electron chi connectivity index (χ2n) is 5.09. The van der Waals surface area contributed by atoms with Crippen LogP contribution in [0.2, 0.25) is 0 Å². The van der Waals surface area contributed by atoms with Crippen molar-refractivity contribution in [2.45, 2.75) is 12.6 Å². The molecule has 2 heterocycles. The van der Waals surface area contributed by atoms with E-state index in [1.807, 2.05) is 18.2 Å². The SMILES string of the molecule is Cl.OC1CNCC1CNCc1ccc2c(c1)OCCO2. The van der Waals surface area contributed by atoms with Crippen molar-refractivity contribution in [3.63, 3.8) is 0 Å². The summed E-state index contributed by atoms with van der Waals surface area (Å²) >= 11 is 0. The van der Waals surface area contributed by atoms with Crippen LogP contribution in [-0.2, 0) is 6.54 Å². The van der Waals surface area contributed by atoms with E-state index in [9.17, 15) is 5.11 Å². The second kappa shape index (κ2) is 7.13. The number of hydrogen-bond acceptors (Lipinski definition) is 5. The van der Waals surface area contributed by atoms with Gasteiger partial charge in [0.05, 0.1) is 6.10 Å². The first kappa shape index (κ1) is 15.4. The van der Waals surface area contributed by atoms with Crippen LogP contribution in [0.15, 0.2) is 18.2 Å². The van der Waals surface area contributed by atoms with Crippen LogP contribution in [0.1, 0.15) is 5.56 Å². The van der Waals surface area contributed by atoms with Gasteiger partial charge < -0.3 is 25.2 Å². The number of aliphatic hydroxyl groups is 1. The quantitative estimate of drug-likeness (QED) is 0.758. The van der Waals surface area contributed by atoms with Gasteiger partial charge in [0.1, 0.15) is 13.2 Å². The number of β-amino-alcohol motifs (C(OH)–C–C–N with tert-alkyl or cyclic N) is 1. The van der Waals surface area contributed by atoms with Crippen molar-refractivity contribution in [2.75, 3.05) is 32.8 Å². The molecular weight excluding hydrogens is 280 g/mol. The molecule has 2 aliphatic heterocycles. The van der Waals surface area contributed by atoms with Gasteiger partial charge in [-0.15, -0.1) is 12.4 Å². The van der Waals surface area contributed by atoms with E-state index in [2.05, 4.69) is 10.6 Å². The third-order valence-electron chi connectivity index (χ3n) is 3.65. The van der Waals surface area contributed by atoms with Gasteiger partial charge in [-0.2, -0.15) is 0 Å². The Labute approximate surface area is 125 Å². The Morgan fingerprint density at radius 2 is 2.00 bits per heavy atom. The number of hydrogen-bond donors (Lipinski definition) is 3. The van der Waals surface area contributed by atoms with Gasteiger partial charge in [-0.3, -0.25) is 0 Å². The molecule has 0 aliphatic carbocycles. The summed E-state index contributed by atoms with van der Waals surface area (Å²) in [5.74, 6) is 1.95. The van der Waals surface area contributed by atoms with Crippen molar-refractivity contribution in [1.82, 2.24) is 10.6 Å². The van der Waals surface area contributed by atoms with Gasteiger partial charge >= 0.3 is 0 Å². The van der Waals surface area contributed by atoms with Gasteiger partial charge in [-0.1, -0.05) is 6.07 Å². The number of aliphatic hydroxyl groups excluding tert-OH is 1. The number of rotatable bonds is 4. The first-order chi connectivity index (χ1) is 9.33. The molecule has 2 aliphatic rings. The van der Waals surface area contributed by atoms with Crippen molar-refractivity contribution in [3.05, 3.63) is 23.8 Å². The summed E-state index contributed by atoms with van der Waals surface area (Å²) < 4.78 is 11.0. The lowest BCUT2D eigenvalue weighted by molar-refractivity contribution is 0.146. The molecule has 1 aromatic carbocycles. The van der Waals surface area contributed by atoms with Gasteiger partial charge in [0.15, 0.2) is 11.5 Å². The molecule has 1 saturated heterocycles.